The summed E-state index contributed by atoms with van der Waals surface area (Å²) in [5, 5.41) is 2.94. The average molecular weight is 380 g/mol. The zero-order valence-electron chi connectivity index (χ0n) is 15.6. The minimum absolute atomic E-state index is 0.0893. The van der Waals surface area contributed by atoms with Gasteiger partial charge in [-0.15, -0.1) is 0 Å². The van der Waals surface area contributed by atoms with Gasteiger partial charge in [0.05, 0.1) is 11.7 Å². The molecule has 2 aliphatic carbocycles. The van der Waals surface area contributed by atoms with Crippen molar-refractivity contribution < 1.29 is 19.1 Å². The lowest BCUT2D eigenvalue weighted by molar-refractivity contribution is -0.0844. The largest absolute Gasteiger partial charge is 0.490 e. The quantitative estimate of drug-likeness (QED) is 0.804. The van der Waals surface area contributed by atoms with Gasteiger partial charge in [0.2, 0.25) is 0 Å². The van der Waals surface area contributed by atoms with E-state index in [1.165, 1.54) is 0 Å². The normalized spacial score (nSPS) is 25.3. The van der Waals surface area contributed by atoms with E-state index in [4.69, 9.17) is 15.2 Å². The summed E-state index contributed by atoms with van der Waals surface area (Å²) in [5.74, 6) is 0.0694. The molecule has 2 aromatic rings. The van der Waals surface area contributed by atoms with Crippen molar-refractivity contribution in [3.05, 3.63) is 65.7 Å². The van der Waals surface area contributed by atoms with Crippen LogP contribution in [0, 0.1) is 5.41 Å². The molecule has 0 radical (unpaired) electrons. The molecule has 3 N–H and O–H groups in total. The summed E-state index contributed by atoms with van der Waals surface area (Å²) >= 11 is 0. The van der Waals surface area contributed by atoms with Crippen molar-refractivity contribution in [2.75, 3.05) is 0 Å². The number of ether oxygens (including phenoxy) is 2. The molecule has 0 aliphatic heterocycles. The molecule has 2 saturated carbocycles. The Morgan fingerprint density at radius 3 is 2.39 bits per heavy atom. The van der Waals surface area contributed by atoms with E-state index in [1.54, 1.807) is 18.2 Å². The van der Waals surface area contributed by atoms with Gasteiger partial charge >= 0.3 is 6.09 Å². The molecule has 2 aliphatic rings. The highest BCUT2D eigenvalue weighted by Gasteiger charge is 2.54. The van der Waals surface area contributed by atoms with E-state index in [2.05, 4.69) is 5.32 Å². The molecule has 6 nitrogen and oxygen atoms in total. The first-order valence-corrected chi connectivity index (χ1v) is 9.56. The number of amides is 2. The second-order valence-corrected chi connectivity index (χ2v) is 7.82. The summed E-state index contributed by atoms with van der Waals surface area (Å²) in [7, 11) is 0. The van der Waals surface area contributed by atoms with Gasteiger partial charge in [0.15, 0.2) is 0 Å². The van der Waals surface area contributed by atoms with Gasteiger partial charge in [-0.3, -0.25) is 4.79 Å². The summed E-state index contributed by atoms with van der Waals surface area (Å²) in [6, 6.07) is 16.8. The van der Waals surface area contributed by atoms with Crippen LogP contribution in [0.2, 0.25) is 0 Å². The van der Waals surface area contributed by atoms with Gasteiger partial charge in [-0.25, -0.2) is 4.79 Å². The highest BCUT2D eigenvalue weighted by Crippen LogP contribution is 2.56. The van der Waals surface area contributed by atoms with Crippen molar-refractivity contribution in [3.8, 4) is 5.75 Å². The standard InChI is InChI=1S/C22H24N2O4/c23-20(25)18-8-4-5-9-19(18)28-17-12-22(13-17)10-16(11-22)24-21(26)27-14-15-6-2-1-3-7-15/h1-9,16-17H,10-14H2,(H2,23,25)(H,24,26). The van der Waals surface area contributed by atoms with Crippen LogP contribution < -0.4 is 15.8 Å². The molecule has 1 spiro atoms. The number of rotatable bonds is 6. The summed E-state index contributed by atoms with van der Waals surface area (Å²) in [4.78, 5) is 23.4. The number of benzene rings is 2. The zero-order chi connectivity index (χ0) is 19.6. The molecular weight excluding hydrogens is 356 g/mol. The first kappa shape index (κ1) is 18.3. The molecule has 2 fully saturated rings. The second-order valence-electron chi connectivity index (χ2n) is 7.82. The fourth-order valence-electron chi connectivity index (χ4n) is 4.29. The predicted molar refractivity (Wildman–Crippen MR) is 104 cm³/mol. The average Bonchev–Trinajstić information content (AvgIpc) is 2.64. The van der Waals surface area contributed by atoms with Crippen molar-refractivity contribution in [1.29, 1.82) is 0 Å². The van der Waals surface area contributed by atoms with E-state index in [0.29, 0.717) is 11.3 Å². The molecular formula is C22H24N2O4. The van der Waals surface area contributed by atoms with Crippen LogP contribution in [0.15, 0.2) is 54.6 Å². The molecule has 146 valence electrons. The van der Waals surface area contributed by atoms with Gasteiger partial charge < -0.3 is 20.5 Å². The molecule has 0 saturated heterocycles. The van der Waals surface area contributed by atoms with Crippen molar-refractivity contribution in [1.82, 2.24) is 5.32 Å². The highest BCUT2D eigenvalue weighted by molar-refractivity contribution is 5.95. The number of carbonyl (C=O) groups is 2. The van der Waals surface area contributed by atoms with Crippen LogP contribution in [-0.4, -0.2) is 24.1 Å². The molecule has 0 unspecified atom stereocenters. The number of nitrogens with two attached hydrogens (primary N) is 1. The number of alkyl carbamates (subject to hydrolysis) is 1. The molecule has 6 heteroatoms. The molecule has 0 aromatic heterocycles. The van der Waals surface area contributed by atoms with Crippen LogP contribution in [0.5, 0.6) is 5.75 Å². The summed E-state index contributed by atoms with van der Waals surface area (Å²) in [6.45, 7) is 0.278. The minimum Gasteiger partial charge on any atom is -0.490 e. The first-order valence-electron chi connectivity index (χ1n) is 9.56. The third-order valence-electron chi connectivity index (χ3n) is 5.66. The number of nitrogens with one attached hydrogen (secondary N) is 1. The van der Waals surface area contributed by atoms with Crippen molar-refractivity contribution in [2.45, 2.75) is 44.4 Å². The highest BCUT2D eigenvalue weighted by atomic mass is 16.5. The fraction of sp³-hybridized carbons (Fsp3) is 0.364. The van der Waals surface area contributed by atoms with Crippen LogP contribution in [-0.2, 0) is 11.3 Å². The number of primary amides is 1. The topological polar surface area (TPSA) is 90.7 Å². The lowest BCUT2D eigenvalue weighted by atomic mass is 9.53. The van der Waals surface area contributed by atoms with Crippen LogP contribution >= 0.6 is 0 Å². The Hall–Kier alpha value is -3.02. The van der Waals surface area contributed by atoms with E-state index in [1.807, 2.05) is 36.4 Å². The molecule has 2 aromatic carbocycles. The summed E-state index contributed by atoms with van der Waals surface area (Å²) in [5.41, 5.74) is 7.02. The van der Waals surface area contributed by atoms with Gasteiger partial charge in [0.1, 0.15) is 12.4 Å². The van der Waals surface area contributed by atoms with Gasteiger partial charge in [-0.2, -0.15) is 0 Å². The predicted octanol–water partition coefficient (Wildman–Crippen LogP) is 3.40. The van der Waals surface area contributed by atoms with Crippen LogP contribution in [0.25, 0.3) is 0 Å². The van der Waals surface area contributed by atoms with Crippen LogP contribution in [0.3, 0.4) is 0 Å². The first-order chi connectivity index (χ1) is 13.5. The van der Waals surface area contributed by atoms with Gasteiger partial charge in [0.25, 0.3) is 5.91 Å². The smallest absolute Gasteiger partial charge is 0.407 e. The zero-order valence-corrected chi connectivity index (χ0v) is 15.6. The Labute approximate surface area is 164 Å². The Bertz CT molecular complexity index is 854. The number of para-hydroxylation sites is 1. The maximum absolute atomic E-state index is 11.9. The number of hydrogen-bond acceptors (Lipinski definition) is 4. The van der Waals surface area contributed by atoms with Gasteiger partial charge in [0, 0.05) is 6.04 Å². The fourth-order valence-corrected chi connectivity index (χ4v) is 4.29. The van der Waals surface area contributed by atoms with Crippen molar-refractivity contribution in [3.63, 3.8) is 0 Å². The minimum atomic E-state index is -0.480. The molecule has 28 heavy (non-hydrogen) atoms. The maximum atomic E-state index is 11.9. The Morgan fingerprint density at radius 1 is 1.00 bits per heavy atom. The molecule has 0 bridgehead atoms. The monoisotopic (exact) mass is 380 g/mol. The molecule has 0 heterocycles. The van der Waals surface area contributed by atoms with E-state index < -0.39 is 5.91 Å². The van der Waals surface area contributed by atoms with Crippen molar-refractivity contribution >= 4 is 12.0 Å². The Kier molecular flexibility index (Phi) is 4.94. The third kappa shape index (κ3) is 3.96. The Morgan fingerprint density at radius 2 is 1.68 bits per heavy atom. The molecule has 4 rings (SSSR count). The SMILES string of the molecule is NC(=O)c1ccccc1OC1CC2(CC(NC(=O)OCc3ccccc3)C2)C1. The van der Waals surface area contributed by atoms with Crippen LogP contribution in [0.4, 0.5) is 4.79 Å². The van der Waals surface area contributed by atoms with E-state index in [9.17, 15) is 9.59 Å². The molecule has 0 atom stereocenters. The van der Waals surface area contributed by atoms with E-state index in [0.717, 1.165) is 31.2 Å². The number of carbonyl (C=O) groups excluding carboxylic acids is 2. The molecule has 2 amide bonds. The van der Waals surface area contributed by atoms with E-state index in [-0.39, 0.29) is 30.3 Å². The lowest BCUT2D eigenvalue weighted by Crippen LogP contribution is -2.58. The number of hydrogen-bond donors (Lipinski definition) is 2. The van der Waals surface area contributed by atoms with Crippen LogP contribution in [0.1, 0.15) is 41.6 Å². The lowest BCUT2D eigenvalue weighted by Gasteiger charge is -2.57. The third-order valence-corrected chi connectivity index (χ3v) is 5.66. The van der Waals surface area contributed by atoms with E-state index >= 15 is 0 Å². The Balaban J connectivity index is 1.18. The van der Waals surface area contributed by atoms with Crippen molar-refractivity contribution in [2.24, 2.45) is 11.1 Å². The maximum Gasteiger partial charge on any atom is 0.407 e. The second kappa shape index (κ2) is 7.54. The van der Waals surface area contributed by atoms with Gasteiger partial charge in [-0.05, 0) is 48.8 Å². The van der Waals surface area contributed by atoms with Gasteiger partial charge in [-0.1, -0.05) is 42.5 Å². The summed E-state index contributed by atoms with van der Waals surface area (Å²) < 4.78 is 11.2. The summed E-state index contributed by atoms with van der Waals surface area (Å²) in [6.07, 6.45) is 3.45.